The molecule has 0 fully saturated rings. The molecule has 0 radical (unpaired) electrons. The first kappa shape index (κ1) is 17.1. The van der Waals surface area contributed by atoms with Crippen LogP contribution in [0.3, 0.4) is 0 Å². The summed E-state index contributed by atoms with van der Waals surface area (Å²) in [4.78, 5) is 16.9. The van der Waals surface area contributed by atoms with Crippen molar-refractivity contribution in [3.05, 3.63) is 60.3 Å². The van der Waals surface area contributed by atoms with Gasteiger partial charge in [-0.25, -0.2) is 19.3 Å². The molecule has 3 aromatic rings. The Kier molecular flexibility index (Phi) is 5.18. The maximum atomic E-state index is 12.9. The third-order valence-corrected chi connectivity index (χ3v) is 3.24. The third kappa shape index (κ3) is 4.20. The molecule has 2 aromatic heterocycles. The van der Waals surface area contributed by atoms with Crippen molar-refractivity contribution in [3.63, 3.8) is 0 Å². The molecule has 3 N–H and O–H groups in total. The normalized spacial score (nSPS) is 10.7. The molecule has 26 heavy (non-hydrogen) atoms. The largest absolute Gasteiger partial charge is 0.439 e. The minimum atomic E-state index is -0.332. The lowest BCUT2D eigenvalue weighted by Crippen LogP contribution is -2.05. The van der Waals surface area contributed by atoms with Crippen LogP contribution in [0.4, 0.5) is 21.7 Å². The Hall–Kier alpha value is -3.75. The van der Waals surface area contributed by atoms with E-state index < -0.39 is 0 Å². The predicted octanol–water partition coefficient (Wildman–Crippen LogP) is 3.11. The van der Waals surface area contributed by atoms with Crippen molar-refractivity contribution in [2.45, 2.75) is 0 Å². The molecular formula is C17H15FN6O2. The van der Waals surface area contributed by atoms with E-state index in [0.717, 1.165) is 0 Å². The highest BCUT2D eigenvalue weighted by Crippen LogP contribution is 2.23. The number of nitrogens with one attached hydrogen (secondary N) is 1. The molecule has 0 aliphatic heterocycles. The average Bonchev–Trinajstić information content (AvgIpc) is 2.65. The van der Waals surface area contributed by atoms with Crippen molar-refractivity contribution in [2.24, 2.45) is 5.16 Å². The standard InChI is InChI=1S/C17H15FN6O2/c1-25-23-9-14-16(19)21-10-22-17(14)24-12-4-7-15(20-8-12)26-13-5-2-11(18)3-6-13/h2-10H,1H3,(H3,19,21,22,24). The highest BCUT2D eigenvalue weighted by Gasteiger charge is 2.08. The number of hydrogen-bond donors (Lipinski definition) is 2. The van der Waals surface area contributed by atoms with Gasteiger partial charge in [0.2, 0.25) is 5.88 Å². The number of ether oxygens (including phenoxy) is 1. The van der Waals surface area contributed by atoms with E-state index in [0.29, 0.717) is 28.7 Å². The van der Waals surface area contributed by atoms with Crippen LogP contribution in [0.5, 0.6) is 11.6 Å². The second-order valence-corrected chi connectivity index (χ2v) is 5.00. The molecule has 0 saturated carbocycles. The van der Waals surface area contributed by atoms with Crippen LogP contribution in [0, 0.1) is 5.82 Å². The number of rotatable bonds is 6. The maximum Gasteiger partial charge on any atom is 0.219 e. The van der Waals surface area contributed by atoms with Gasteiger partial charge in [0.15, 0.2) is 0 Å². The number of anilines is 3. The monoisotopic (exact) mass is 354 g/mol. The first-order valence-electron chi connectivity index (χ1n) is 7.49. The van der Waals surface area contributed by atoms with Crippen molar-refractivity contribution in [3.8, 4) is 11.6 Å². The fourth-order valence-electron chi connectivity index (χ4n) is 2.02. The number of hydrogen-bond acceptors (Lipinski definition) is 8. The Bertz CT molecular complexity index is 900. The fourth-order valence-corrected chi connectivity index (χ4v) is 2.02. The molecule has 0 spiro atoms. The van der Waals surface area contributed by atoms with E-state index in [1.807, 2.05) is 0 Å². The predicted molar refractivity (Wildman–Crippen MR) is 95.0 cm³/mol. The van der Waals surface area contributed by atoms with Crippen molar-refractivity contribution in [1.82, 2.24) is 15.0 Å². The quantitative estimate of drug-likeness (QED) is 0.517. The summed E-state index contributed by atoms with van der Waals surface area (Å²) in [6.07, 6.45) is 4.31. The molecule has 0 atom stereocenters. The summed E-state index contributed by atoms with van der Waals surface area (Å²) in [5, 5.41) is 6.76. The van der Waals surface area contributed by atoms with Gasteiger partial charge in [-0.1, -0.05) is 5.16 Å². The average molecular weight is 354 g/mol. The topological polar surface area (TPSA) is 108 Å². The molecule has 9 heteroatoms. The molecule has 0 unspecified atom stereocenters. The minimum absolute atomic E-state index is 0.257. The van der Waals surface area contributed by atoms with Crippen molar-refractivity contribution in [2.75, 3.05) is 18.2 Å². The van der Waals surface area contributed by atoms with Gasteiger partial charge >= 0.3 is 0 Å². The lowest BCUT2D eigenvalue weighted by atomic mass is 10.3. The molecule has 0 aliphatic carbocycles. The molecule has 1 aromatic carbocycles. The van der Waals surface area contributed by atoms with E-state index in [-0.39, 0.29) is 11.6 Å². The lowest BCUT2D eigenvalue weighted by molar-refractivity contribution is 0.215. The number of nitrogens with zero attached hydrogens (tertiary/aromatic N) is 4. The summed E-state index contributed by atoms with van der Waals surface area (Å²) in [5.74, 6) is 1.23. The van der Waals surface area contributed by atoms with Crippen LogP contribution in [0.15, 0.2) is 54.1 Å². The Morgan fingerprint density at radius 2 is 1.92 bits per heavy atom. The van der Waals surface area contributed by atoms with E-state index in [9.17, 15) is 4.39 Å². The number of nitrogen functional groups attached to an aromatic ring is 1. The van der Waals surface area contributed by atoms with Crippen LogP contribution in [-0.4, -0.2) is 28.3 Å². The second-order valence-electron chi connectivity index (χ2n) is 5.00. The highest BCUT2D eigenvalue weighted by atomic mass is 19.1. The van der Waals surface area contributed by atoms with Gasteiger partial charge in [-0.05, 0) is 30.3 Å². The van der Waals surface area contributed by atoms with Gasteiger partial charge in [0, 0.05) is 6.07 Å². The van der Waals surface area contributed by atoms with Gasteiger partial charge in [-0.3, -0.25) is 0 Å². The first-order valence-corrected chi connectivity index (χ1v) is 7.49. The van der Waals surface area contributed by atoms with Crippen LogP contribution >= 0.6 is 0 Å². The molecule has 8 nitrogen and oxygen atoms in total. The van der Waals surface area contributed by atoms with Crippen LogP contribution < -0.4 is 15.8 Å². The zero-order valence-electron chi connectivity index (χ0n) is 13.8. The zero-order valence-corrected chi connectivity index (χ0v) is 13.8. The summed E-state index contributed by atoms with van der Waals surface area (Å²) in [6, 6.07) is 9.09. The number of aromatic nitrogens is 3. The van der Waals surface area contributed by atoms with Crippen LogP contribution in [0.25, 0.3) is 0 Å². The molecule has 2 heterocycles. The molecule has 132 valence electrons. The summed E-state index contributed by atoms with van der Waals surface area (Å²) >= 11 is 0. The van der Waals surface area contributed by atoms with E-state index in [2.05, 4.69) is 30.3 Å². The third-order valence-electron chi connectivity index (χ3n) is 3.24. The zero-order chi connectivity index (χ0) is 18.4. The summed E-state index contributed by atoms with van der Waals surface area (Å²) in [7, 11) is 1.42. The number of halogens is 1. The number of oxime groups is 1. The van der Waals surface area contributed by atoms with Crippen LogP contribution in [-0.2, 0) is 4.84 Å². The lowest BCUT2D eigenvalue weighted by Gasteiger charge is -2.10. The fraction of sp³-hybridized carbons (Fsp3) is 0.0588. The van der Waals surface area contributed by atoms with Crippen molar-refractivity contribution >= 4 is 23.5 Å². The summed E-state index contributed by atoms with van der Waals surface area (Å²) in [6.45, 7) is 0. The molecule has 0 saturated heterocycles. The van der Waals surface area contributed by atoms with Crippen molar-refractivity contribution in [1.29, 1.82) is 0 Å². The molecular weight excluding hydrogens is 339 g/mol. The van der Waals surface area contributed by atoms with E-state index in [1.54, 1.807) is 18.3 Å². The van der Waals surface area contributed by atoms with E-state index >= 15 is 0 Å². The SMILES string of the molecule is CON=Cc1c(N)ncnc1Nc1ccc(Oc2ccc(F)cc2)nc1. The Balaban J connectivity index is 1.74. The van der Waals surface area contributed by atoms with Gasteiger partial charge in [0.05, 0.1) is 23.7 Å². The van der Waals surface area contributed by atoms with Gasteiger partial charge < -0.3 is 20.6 Å². The van der Waals surface area contributed by atoms with Crippen molar-refractivity contribution < 1.29 is 14.0 Å². The summed E-state index contributed by atoms with van der Waals surface area (Å²) in [5.41, 5.74) is 6.98. The summed E-state index contributed by atoms with van der Waals surface area (Å²) < 4.78 is 18.5. The van der Waals surface area contributed by atoms with Gasteiger partial charge in [0.1, 0.15) is 36.6 Å². The van der Waals surface area contributed by atoms with E-state index in [1.165, 1.54) is 43.9 Å². The van der Waals surface area contributed by atoms with Gasteiger partial charge in [-0.15, -0.1) is 0 Å². The molecule has 0 amide bonds. The maximum absolute atomic E-state index is 12.9. The molecule has 0 bridgehead atoms. The highest BCUT2D eigenvalue weighted by molar-refractivity contribution is 5.92. The number of pyridine rings is 1. The minimum Gasteiger partial charge on any atom is -0.439 e. The second kappa shape index (κ2) is 7.88. The Morgan fingerprint density at radius 1 is 1.12 bits per heavy atom. The van der Waals surface area contributed by atoms with Gasteiger partial charge in [0.25, 0.3) is 0 Å². The van der Waals surface area contributed by atoms with Crippen LogP contribution in [0.2, 0.25) is 0 Å². The number of benzene rings is 1. The van der Waals surface area contributed by atoms with E-state index in [4.69, 9.17) is 10.5 Å². The first-order chi connectivity index (χ1) is 12.7. The van der Waals surface area contributed by atoms with Gasteiger partial charge in [-0.2, -0.15) is 0 Å². The van der Waals surface area contributed by atoms with Crippen LogP contribution in [0.1, 0.15) is 5.56 Å². The Labute approximate surface area is 148 Å². The molecule has 0 aliphatic rings. The molecule has 3 rings (SSSR count). The smallest absolute Gasteiger partial charge is 0.219 e. The number of nitrogens with two attached hydrogens (primary N) is 1. The Morgan fingerprint density at radius 3 is 2.62 bits per heavy atom.